The van der Waals surface area contributed by atoms with Crippen LogP contribution < -0.4 is 10.1 Å². The Labute approximate surface area is 177 Å². The van der Waals surface area contributed by atoms with Gasteiger partial charge in [-0.15, -0.1) is 0 Å². The fourth-order valence-electron chi connectivity index (χ4n) is 4.63. The summed E-state index contributed by atoms with van der Waals surface area (Å²) in [5.41, 5.74) is 5.03. The van der Waals surface area contributed by atoms with Gasteiger partial charge in [0, 0.05) is 40.7 Å². The highest BCUT2D eigenvalue weighted by molar-refractivity contribution is 6.14. The SMILES string of the molecule is COc1ccc(C2C3=C(COC3=O)Nc3c2c2cccnc2c2ncccc32)c(O)c1. The number of benzene rings is 2. The molecule has 0 aliphatic carbocycles. The topological polar surface area (TPSA) is 93.6 Å². The van der Waals surface area contributed by atoms with Crippen LogP contribution in [0.1, 0.15) is 17.0 Å². The monoisotopic (exact) mass is 411 g/mol. The van der Waals surface area contributed by atoms with Gasteiger partial charge in [0.2, 0.25) is 0 Å². The third kappa shape index (κ3) is 2.43. The number of pyridine rings is 2. The van der Waals surface area contributed by atoms with E-state index in [0.29, 0.717) is 22.6 Å². The number of phenols is 1. The zero-order valence-electron chi connectivity index (χ0n) is 16.5. The van der Waals surface area contributed by atoms with E-state index in [1.54, 1.807) is 37.7 Å². The van der Waals surface area contributed by atoms with Crippen molar-refractivity contribution in [3.8, 4) is 11.5 Å². The zero-order chi connectivity index (χ0) is 21.1. The molecule has 7 nitrogen and oxygen atoms in total. The first-order valence-corrected chi connectivity index (χ1v) is 9.86. The Hall–Kier alpha value is -4.13. The van der Waals surface area contributed by atoms with E-state index in [0.717, 1.165) is 33.1 Å². The highest BCUT2D eigenvalue weighted by atomic mass is 16.5. The minimum absolute atomic E-state index is 0.0482. The third-order valence-corrected chi connectivity index (χ3v) is 5.96. The Morgan fingerprint density at radius 2 is 1.84 bits per heavy atom. The van der Waals surface area contributed by atoms with Crippen LogP contribution in [-0.2, 0) is 9.53 Å². The molecule has 0 fully saturated rings. The number of ether oxygens (including phenoxy) is 2. The van der Waals surface area contributed by atoms with Crippen LogP contribution in [0, 0.1) is 0 Å². The number of carbonyl (C=O) groups is 1. The first kappa shape index (κ1) is 17.7. The molecule has 1 unspecified atom stereocenters. The normalized spacial score (nSPS) is 17.3. The Morgan fingerprint density at radius 3 is 2.58 bits per heavy atom. The van der Waals surface area contributed by atoms with Gasteiger partial charge in [-0.25, -0.2) is 4.79 Å². The average Bonchev–Trinajstić information content (AvgIpc) is 3.18. The quantitative estimate of drug-likeness (QED) is 0.382. The lowest BCUT2D eigenvalue weighted by atomic mass is 9.78. The largest absolute Gasteiger partial charge is 0.507 e. The second-order valence-electron chi connectivity index (χ2n) is 7.54. The Balaban J connectivity index is 1.75. The fourth-order valence-corrected chi connectivity index (χ4v) is 4.63. The molecule has 0 saturated carbocycles. The molecule has 0 spiro atoms. The van der Waals surface area contributed by atoms with Gasteiger partial charge in [-0.3, -0.25) is 9.97 Å². The second-order valence-corrected chi connectivity index (χ2v) is 7.54. The molecule has 4 aromatic rings. The van der Waals surface area contributed by atoms with Crippen molar-refractivity contribution < 1.29 is 19.4 Å². The molecule has 0 bridgehead atoms. The maximum Gasteiger partial charge on any atom is 0.337 e. The van der Waals surface area contributed by atoms with E-state index in [9.17, 15) is 9.90 Å². The highest BCUT2D eigenvalue weighted by Crippen LogP contribution is 2.51. The number of rotatable bonds is 2. The Bertz CT molecular complexity index is 1440. The fraction of sp³-hybridized carbons (Fsp3) is 0.125. The summed E-state index contributed by atoms with van der Waals surface area (Å²) in [7, 11) is 1.54. The average molecular weight is 411 g/mol. The van der Waals surface area contributed by atoms with E-state index < -0.39 is 11.9 Å². The van der Waals surface area contributed by atoms with E-state index in [4.69, 9.17) is 9.47 Å². The Morgan fingerprint density at radius 1 is 1.10 bits per heavy atom. The molecule has 6 rings (SSSR count). The molecule has 2 N–H and O–H groups in total. The van der Waals surface area contributed by atoms with Crippen molar-refractivity contribution in [2.24, 2.45) is 0 Å². The van der Waals surface area contributed by atoms with Gasteiger partial charge in [-0.05, 0) is 29.8 Å². The summed E-state index contributed by atoms with van der Waals surface area (Å²) in [6.45, 7) is 0.161. The summed E-state index contributed by atoms with van der Waals surface area (Å²) in [5, 5.41) is 16.1. The number of aromatic nitrogens is 2. The van der Waals surface area contributed by atoms with Gasteiger partial charge >= 0.3 is 5.97 Å². The maximum atomic E-state index is 12.8. The number of esters is 1. The van der Waals surface area contributed by atoms with Crippen LogP contribution in [0.5, 0.6) is 11.5 Å². The molecule has 4 heterocycles. The number of aromatic hydroxyl groups is 1. The summed E-state index contributed by atoms with van der Waals surface area (Å²) in [5.74, 6) is -0.333. The lowest BCUT2D eigenvalue weighted by Gasteiger charge is -2.30. The lowest BCUT2D eigenvalue weighted by Crippen LogP contribution is -2.21. The molecule has 2 aromatic carbocycles. The number of phenolic OH excluding ortho intramolecular Hbond substituents is 1. The van der Waals surface area contributed by atoms with Gasteiger partial charge < -0.3 is 19.9 Å². The van der Waals surface area contributed by atoms with Crippen molar-refractivity contribution in [2.75, 3.05) is 19.0 Å². The summed E-state index contributed by atoms with van der Waals surface area (Å²) in [4.78, 5) is 21.9. The van der Waals surface area contributed by atoms with E-state index in [2.05, 4.69) is 15.3 Å². The predicted octanol–water partition coefficient (Wildman–Crippen LogP) is 3.87. The zero-order valence-corrected chi connectivity index (χ0v) is 16.5. The summed E-state index contributed by atoms with van der Waals surface area (Å²) < 4.78 is 10.6. The van der Waals surface area contributed by atoms with Crippen LogP contribution in [0.4, 0.5) is 5.69 Å². The van der Waals surface area contributed by atoms with E-state index in [1.807, 2.05) is 24.3 Å². The van der Waals surface area contributed by atoms with Gasteiger partial charge in [-0.1, -0.05) is 12.1 Å². The first-order chi connectivity index (χ1) is 15.2. The molecule has 31 heavy (non-hydrogen) atoms. The Kier molecular flexibility index (Phi) is 3.67. The number of hydrogen-bond donors (Lipinski definition) is 2. The van der Waals surface area contributed by atoms with Crippen LogP contribution in [0.2, 0.25) is 0 Å². The molecule has 0 amide bonds. The van der Waals surface area contributed by atoms with Gasteiger partial charge in [-0.2, -0.15) is 0 Å². The number of hydrogen-bond acceptors (Lipinski definition) is 7. The van der Waals surface area contributed by atoms with Crippen molar-refractivity contribution in [2.45, 2.75) is 5.92 Å². The minimum atomic E-state index is -0.525. The maximum absolute atomic E-state index is 12.8. The number of fused-ring (bicyclic) bond motifs is 6. The lowest BCUT2D eigenvalue weighted by molar-refractivity contribution is -0.136. The minimum Gasteiger partial charge on any atom is -0.507 e. The number of nitrogens with zero attached hydrogens (tertiary/aromatic N) is 2. The van der Waals surface area contributed by atoms with Crippen molar-refractivity contribution in [1.29, 1.82) is 0 Å². The van der Waals surface area contributed by atoms with Gasteiger partial charge in [0.05, 0.1) is 35.1 Å². The standard InChI is InChI=1S/C24H17N3O4/c1-30-12-6-7-13(17(28)10-12)18-19-14-4-2-8-25-22(14)23-15(5-3-9-26-23)21(19)27-16-11-31-24(29)20(16)18/h2-10,18,27-28H,11H2,1H3. The molecular formula is C24H17N3O4. The molecule has 2 aliphatic rings. The van der Waals surface area contributed by atoms with E-state index in [1.165, 1.54) is 0 Å². The van der Waals surface area contributed by atoms with Crippen LogP contribution in [-0.4, -0.2) is 34.8 Å². The van der Waals surface area contributed by atoms with Crippen molar-refractivity contribution >= 4 is 33.5 Å². The highest BCUT2D eigenvalue weighted by Gasteiger charge is 2.41. The molecule has 2 aromatic heterocycles. The molecule has 0 radical (unpaired) electrons. The number of methoxy groups -OCH3 is 1. The van der Waals surface area contributed by atoms with Gasteiger partial charge in [0.25, 0.3) is 0 Å². The summed E-state index contributed by atoms with van der Waals surface area (Å²) in [6.07, 6.45) is 3.47. The number of carbonyl (C=O) groups excluding carboxylic acids is 1. The van der Waals surface area contributed by atoms with Crippen molar-refractivity contribution in [3.05, 3.63) is 77.3 Å². The smallest absolute Gasteiger partial charge is 0.337 e. The second kappa shape index (κ2) is 6.43. The van der Waals surface area contributed by atoms with Crippen LogP contribution in [0.3, 0.4) is 0 Å². The van der Waals surface area contributed by atoms with Crippen molar-refractivity contribution in [1.82, 2.24) is 9.97 Å². The predicted molar refractivity (Wildman–Crippen MR) is 115 cm³/mol. The molecule has 7 heteroatoms. The molecular weight excluding hydrogens is 394 g/mol. The molecule has 0 saturated heterocycles. The number of cyclic esters (lactones) is 1. The summed E-state index contributed by atoms with van der Waals surface area (Å²) >= 11 is 0. The van der Waals surface area contributed by atoms with Crippen LogP contribution >= 0.6 is 0 Å². The van der Waals surface area contributed by atoms with Gasteiger partial charge in [0.1, 0.15) is 18.1 Å². The molecule has 152 valence electrons. The van der Waals surface area contributed by atoms with Crippen LogP contribution in [0.25, 0.3) is 21.8 Å². The summed E-state index contributed by atoms with van der Waals surface area (Å²) in [6, 6.07) is 12.8. The van der Waals surface area contributed by atoms with Crippen molar-refractivity contribution in [3.63, 3.8) is 0 Å². The molecule has 2 aliphatic heterocycles. The first-order valence-electron chi connectivity index (χ1n) is 9.86. The van der Waals surface area contributed by atoms with Gasteiger partial charge in [0.15, 0.2) is 0 Å². The van der Waals surface area contributed by atoms with Crippen LogP contribution in [0.15, 0.2) is 66.1 Å². The molecule has 1 atom stereocenters. The number of nitrogens with one attached hydrogen (secondary N) is 1. The third-order valence-electron chi connectivity index (χ3n) is 5.96. The van der Waals surface area contributed by atoms with E-state index in [-0.39, 0.29) is 12.4 Å². The van der Waals surface area contributed by atoms with E-state index >= 15 is 0 Å². The number of anilines is 1.